The summed E-state index contributed by atoms with van der Waals surface area (Å²) in [6.07, 6.45) is -1.65. The summed E-state index contributed by atoms with van der Waals surface area (Å²) in [4.78, 5) is 13.9. The molecule has 0 spiro atoms. The Morgan fingerprint density at radius 2 is 2.29 bits per heavy atom. The first-order valence-corrected chi connectivity index (χ1v) is 4.74. The van der Waals surface area contributed by atoms with Gasteiger partial charge in [-0.2, -0.15) is 0 Å². The quantitative estimate of drug-likeness (QED) is 0.675. The summed E-state index contributed by atoms with van der Waals surface area (Å²) in [5.74, 6) is -0.270. The van der Waals surface area contributed by atoms with Crippen LogP contribution in [0.15, 0.2) is 6.20 Å². The van der Waals surface area contributed by atoms with E-state index in [0.717, 1.165) is 6.20 Å². The zero-order chi connectivity index (χ0) is 10.7. The molecule has 3 nitrogen and oxygen atoms in total. The average molecular weight is 266 g/mol. The third-order valence-corrected chi connectivity index (χ3v) is 2.26. The van der Waals surface area contributed by atoms with Gasteiger partial charge in [-0.1, -0.05) is 15.9 Å². The standard InChI is InChI=1S/C8H6BrF2NO2/c9-1-4-5(3-13)7(8(10)11)12-2-6(4)14/h2-3,8,14H,1H2. The largest absolute Gasteiger partial charge is 0.506 e. The van der Waals surface area contributed by atoms with Gasteiger partial charge in [0, 0.05) is 16.5 Å². The van der Waals surface area contributed by atoms with Crippen molar-refractivity contribution >= 4 is 22.2 Å². The van der Waals surface area contributed by atoms with Crippen LogP contribution in [-0.4, -0.2) is 16.4 Å². The summed E-state index contributed by atoms with van der Waals surface area (Å²) in [5, 5.41) is 9.35. The van der Waals surface area contributed by atoms with Gasteiger partial charge in [0.1, 0.15) is 11.4 Å². The van der Waals surface area contributed by atoms with E-state index >= 15 is 0 Å². The number of hydrogen-bond donors (Lipinski definition) is 1. The lowest BCUT2D eigenvalue weighted by Crippen LogP contribution is -2.01. The molecule has 0 aliphatic rings. The van der Waals surface area contributed by atoms with Crippen LogP contribution in [-0.2, 0) is 5.33 Å². The highest BCUT2D eigenvalue weighted by molar-refractivity contribution is 9.08. The van der Waals surface area contributed by atoms with Gasteiger partial charge in [0.15, 0.2) is 6.29 Å². The fraction of sp³-hybridized carbons (Fsp3) is 0.250. The van der Waals surface area contributed by atoms with Crippen molar-refractivity contribution in [2.45, 2.75) is 11.8 Å². The van der Waals surface area contributed by atoms with Crippen LogP contribution in [0.25, 0.3) is 0 Å². The van der Waals surface area contributed by atoms with E-state index in [4.69, 9.17) is 0 Å². The molecule has 1 N–H and O–H groups in total. The zero-order valence-corrected chi connectivity index (χ0v) is 8.46. The van der Waals surface area contributed by atoms with Crippen LogP contribution in [0, 0.1) is 0 Å². The number of carbonyl (C=O) groups is 1. The van der Waals surface area contributed by atoms with E-state index < -0.39 is 12.1 Å². The second-order valence-electron chi connectivity index (χ2n) is 2.47. The second kappa shape index (κ2) is 4.45. The number of alkyl halides is 3. The Balaban J connectivity index is 3.40. The SMILES string of the molecule is O=Cc1c(C(F)F)ncc(O)c1CBr. The molecule has 0 aromatic carbocycles. The van der Waals surface area contributed by atoms with Gasteiger partial charge in [-0.25, -0.2) is 8.78 Å². The minimum atomic E-state index is -2.83. The van der Waals surface area contributed by atoms with E-state index in [-0.39, 0.29) is 28.5 Å². The fourth-order valence-corrected chi connectivity index (χ4v) is 1.61. The monoisotopic (exact) mass is 265 g/mol. The van der Waals surface area contributed by atoms with E-state index in [1.54, 1.807) is 0 Å². The van der Waals surface area contributed by atoms with E-state index in [2.05, 4.69) is 20.9 Å². The molecule has 0 aliphatic carbocycles. The molecule has 0 amide bonds. The molecule has 0 fully saturated rings. The smallest absolute Gasteiger partial charge is 0.281 e. The summed E-state index contributed by atoms with van der Waals surface area (Å²) >= 11 is 2.99. The third kappa shape index (κ3) is 1.89. The maximum atomic E-state index is 12.3. The number of aromatic nitrogens is 1. The summed E-state index contributed by atoms with van der Waals surface area (Å²) < 4.78 is 24.7. The topological polar surface area (TPSA) is 50.2 Å². The van der Waals surface area contributed by atoms with Gasteiger partial charge in [0.25, 0.3) is 6.43 Å². The van der Waals surface area contributed by atoms with E-state index in [1.807, 2.05) is 0 Å². The van der Waals surface area contributed by atoms with E-state index in [9.17, 15) is 18.7 Å². The van der Waals surface area contributed by atoms with Gasteiger partial charge in [0.2, 0.25) is 0 Å². The molecule has 1 aromatic heterocycles. The average Bonchev–Trinajstić information content (AvgIpc) is 2.16. The van der Waals surface area contributed by atoms with Gasteiger partial charge in [-0.05, 0) is 0 Å². The first-order chi connectivity index (χ1) is 6.61. The maximum Gasteiger partial charge on any atom is 0.281 e. The van der Waals surface area contributed by atoms with Crippen LogP contribution < -0.4 is 0 Å². The van der Waals surface area contributed by atoms with Crippen molar-refractivity contribution in [2.75, 3.05) is 0 Å². The number of hydrogen-bond acceptors (Lipinski definition) is 3. The second-order valence-corrected chi connectivity index (χ2v) is 3.03. The molecule has 6 heteroatoms. The molecule has 1 heterocycles. The third-order valence-electron chi connectivity index (χ3n) is 1.69. The molecule has 0 atom stereocenters. The Bertz CT molecular complexity index is 357. The number of aldehydes is 1. The Labute approximate surface area is 86.9 Å². The predicted octanol–water partition coefficient (Wildman–Crippen LogP) is 2.43. The Hall–Kier alpha value is -1.04. The molecular formula is C8H6BrF2NO2. The number of carbonyl (C=O) groups excluding carboxylic acids is 1. The van der Waals surface area contributed by atoms with Gasteiger partial charge < -0.3 is 5.11 Å². The van der Waals surface area contributed by atoms with Crippen molar-refractivity contribution < 1.29 is 18.7 Å². The number of halogens is 3. The zero-order valence-electron chi connectivity index (χ0n) is 6.88. The van der Waals surface area contributed by atoms with E-state index in [1.165, 1.54) is 0 Å². The van der Waals surface area contributed by atoms with E-state index in [0.29, 0.717) is 0 Å². The lowest BCUT2D eigenvalue weighted by atomic mass is 10.1. The van der Waals surface area contributed by atoms with Crippen molar-refractivity contribution in [3.05, 3.63) is 23.0 Å². The molecular weight excluding hydrogens is 260 g/mol. The van der Waals surface area contributed by atoms with Crippen LogP contribution in [0.2, 0.25) is 0 Å². The summed E-state index contributed by atoms with van der Waals surface area (Å²) in [6.45, 7) is 0. The van der Waals surface area contributed by atoms with Gasteiger partial charge in [0.05, 0.1) is 6.20 Å². The molecule has 0 saturated carbocycles. The number of rotatable bonds is 3. The molecule has 14 heavy (non-hydrogen) atoms. The highest BCUT2D eigenvalue weighted by atomic mass is 79.9. The van der Waals surface area contributed by atoms with Crippen molar-refractivity contribution in [1.29, 1.82) is 0 Å². The van der Waals surface area contributed by atoms with Gasteiger partial charge in [-0.3, -0.25) is 9.78 Å². The van der Waals surface area contributed by atoms with Crippen molar-refractivity contribution in [3.8, 4) is 5.75 Å². The van der Waals surface area contributed by atoms with Crippen LogP contribution >= 0.6 is 15.9 Å². The molecule has 0 aliphatic heterocycles. The highest BCUT2D eigenvalue weighted by Gasteiger charge is 2.19. The Morgan fingerprint density at radius 3 is 2.71 bits per heavy atom. The van der Waals surface area contributed by atoms with Crippen LogP contribution in [0.3, 0.4) is 0 Å². The van der Waals surface area contributed by atoms with Crippen molar-refractivity contribution in [2.24, 2.45) is 0 Å². The summed E-state index contributed by atoms with van der Waals surface area (Å²) in [7, 11) is 0. The molecule has 0 bridgehead atoms. The van der Waals surface area contributed by atoms with Gasteiger partial charge >= 0.3 is 0 Å². The van der Waals surface area contributed by atoms with Crippen LogP contribution in [0.1, 0.15) is 28.0 Å². The molecule has 76 valence electrons. The minimum Gasteiger partial charge on any atom is -0.506 e. The maximum absolute atomic E-state index is 12.3. The molecule has 1 aromatic rings. The minimum absolute atomic E-state index is 0.120. The molecule has 0 saturated heterocycles. The number of aromatic hydroxyl groups is 1. The van der Waals surface area contributed by atoms with Gasteiger partial charge in [-0.15, -0.1) is 0 Å². The number of nitrogens with zero attached hydrogens (tertiary/aromatic N) is 1. The molecule has 1 rings (SSSR count). The molecule has 0 unspecified atom stereocenters. The lowest BCUT2D eigenvalue weighted by Gasteiger charge is -2.08. The summed E-state index contributed by atoms with van der Waals surface area (Å²) in [5.41, 5.74) is -0.727. The van der Waals surface area contributed by atoms with Crippen molar-refractivity contribution in [3.63, 3.8) is 0 Å². The van der Waals surface area contributed by atoms with Crippen LogP contribution in [0.5, 0.6) is 5.75 Å². The van der Waals surface area contributed by atoms with Crippen molar-refractivity contribution in [1.82, 2.24) is 4.98 Å². The Morgan fingerprint density at radius 1 is 1.64 bits per heavy atom. The lowest BCUT2D eigenvalue weighted by molar-refractivity contribution is 0.110. The predicted molar refractivity (Wildman–Crippen MR) is 48.9 cm³/mol. The number of pyridine rings is 1. The normalized spacial score (nSPS) is 10.6. The Kier molecular flexibility index (Phi) is 3.51. The van der Waals surface area contributed by atoms with Crippen LogP contribution in [0.4, 0.5) is 8.78 Å². The molecule has 0 radical (unpaired) electrons. The fourth-order valence-electron chi connectivity index (χ4n) is 1.02. The first-order valence-electron chi connectivity index (χ1n) is 3.61. The highest BCUT2D eigenvalue weighted by Crippen LogP contribution is 2.28. The first kappa shape index (κ1) is 11.0. The summed E-state index contributed by atoms with van der Waals surface area (Å²) in [6, 6.07) is 0.